The van der Waals surface area contributed by atoms with Gasteiger partial charge in [-0.05, 0) is 6.42 Å². The first-order chi connectivity index (χ1) is 6.48. The van der Waals surface area contributed by atoms with Crippen molar-refractivity contribution in [3.05, 3.63) is 0 Å². The fraction of sp³-hybridized carbons (Fsp3) is 0.857. The Hall–Kier alpha value is -0.440. The SMILES string of the molecule is CCC[N+](C)(C)OC(C)=O.[O-][Cl+3]([O-])([O-])[O-]. The highest BCUT2D eigenvalue weighted by atomic mass is 35.7. The van der Waals surface area contributed by atoms with Gasteiger partial charge in [0.25, 0.3) is 0 Å². The van der Waals surface area contributed by atoms with Gasteiger partial charge in [-0.25, -0.2) is 23.4 Å². The summed E-state index contributed by atoms with van der Waals surface area (Å²) in [6.07, 6.45) is 1.01. The summed E-state index contributed by atoms with van der Waals surface area (Å²) in [6, 6.07) is 0. The molecule has 0 aromatic carbocycles. The van der Waals surface area contributed by atoms with Crippen molar-refractivity contribution in [2.24, 2.45) is 0 Å². The lowest BCUT2D eigenvalue weighted by atomic mass is 10.4. The lowest BCUT2D eigenvalue weighted by Gasteiger charge is -2.24. The van der Waals surface area contributed by atoms with Gasteiger partial charge in [-0.1, -0.05) is 6.92 Å². The number of carbonyl (C=O) groups is 1. The third kappa shape index (κ3) is 24.7. The predicted molar refractivity (Wildman–Crippen MR) is 39.0 cm³/mol. The summed E-state index contributed by atoms with van der Waals surface area (Å²) in [5, 5.41) is 0. The molecule has 0 fully saturated rings. The molecule has 0 unspecified atom stereocenters. The summed E-state index contributed by atoms with van der Waals surface area (Å²) < 4.78 is 34.3. The maximum absolute atomic E-state index is 10.5. The lowest BCUT2D eigenvalue weighted by molar-refractivity contribution is -2.00. The van der Waals surface area contributed by atoms with E-state index in [2.05, 4.69) is 6.92 Å². The largest absolute Gasteiger partial charge is 0.363 e. The van der Waals surface area contributed by atoms with Gasteiger partial charge in [0.1, 0.15) is 20.6 Å². The molecule has 0 aliphatic rings. The third-order valence-electron chi connectivity index (χ3n) is 1.14. The highest BCUT2D eigenvalue weighted by molar-refractivity contribution is 5.65. The van der Waals surface area contributed by atoms with Crippen LogP contribution in [0.25, 0.3) is 0 Å². The number of hydrogen-bond donors (Lipinski definition) is 0. The fourth-order valence-electron chi connectivity index (χ4n) is 0.932. The normalized spacial score (nSPS) is 11.5. The van der Waals surface area contributed by atoms with Crippen LogP contribution in [0.4, 0.5) is 0 Å². The van der Waals surface area contributed by atoms with Crippen LogP contribution in [0.5, 0.6) is 0 Å². The van der Waals surface area contributed by atoms with Crippen LogP contribution in [0.2, 0.25) is 0 Å². The number of rotatable bonds is 3. The smallest absolute Gasteiger partial charge is 0.277 e. The van der Waals surface area contributed by atoms with Crippen molar-refractivity contribution >= 4 is 5.97 Å². The summed E-state index contributed by atoms with van der Waals surface area (Å²) in [7, 11) is -1.21. The summed E-state index contributed by atoms with van der Waals surface area (Å²) in [4.78, 5) is 15.5. The Bertz CT molecular complexity index is 184. The Kier molecular flexibility index (Phi) is 7.85. The number of carbonyl (C=O) groups excluding carboxylic acids is 1. The minimum absolute atomic E-state index is 0.224. The molecule has 15 heavy (non-hydrogen) atoms. The van der Waals surface area contributed by atoms with Crippen molar-refractivity contribution in [2.75, 3.05) is 20.6 Å². The van der Waals surface area contributed by atoms with Gasteiger partial charge in [-0.15, -0.1) is 14.9 Å². The number of nitrogens with zero attached hydrogens (tertiary/aromatic N) is 1. The van der Waals surface area contributed by atoms with Crippen molar-refractivity contribution in [2.45, 2.75) is 20.3 Å². The molecule has 8 heteroatoms. The van der Waals surface area contributed by atoms with Crippen molar-refractivity contribution in [1.29, 1.82) is 0 Å². The van der Waals surface area contributed by atoms with Crippen LogP contribution in [0, 0.1) is 10.2 Å². The molecule has 0 spiro atoms. The van der Waals surface area contributed by atoms with Crippen LogP contribution in [-0.4, -0.2) is 31.3 Å². The first kappa shape index (κ1) is 17.0. The molecular weight excluding hydrogens is 230 g/mol. The molecule has 0 aliphatic carbocycles. The van der Waals surface area contributed by atoms with E-state index in [9.17, 15) is 4.79 Å². The van der Waals surface area contributed by atoms with Crippen molar-refractivity contribution in [3.63, 3.8) is 0 Å². The molecule has 92 valence electrons. The fourth-order valence-corrected chi connectivity index (χ4v) is 0.932. The van der Waals surface area contributed by atoms with Gasteiger partial charge >= 0.3 is 5.97 Å². The number of hydrogen-bond acceptors (Lipinski definition) is 6. The van der Waals surface area contributed by atoms with Crippen molar-refractivity contribution < 1.29 is 43.2 Å². The van der Waals surface area contributed by atoms with E-state index >= 15 is 0 Å². The maximum Gasteiger partial charge on any atom is 0.363 e. The Morgan fingerprint density at radius 3 is 1.80 bits per heavy atom. The first-order valence-electron chi connectivity index (χ1n) is 4.13. The van der Waals surface area contributed by atoms with Gasteiger partial charge in [0.05, 0.1) is 0 Å². The molecule has 0 rings (SSSR count). The van der Waals surface area contributed by atoms with E-state index in [0.717, 1.165) is 13.0 Å². The molecule has 0 atom stereocenters. The number of quaternary nitrogens is 1. The van der Waals surface area contributed by atoms with Gasteiger partial charge in [0, 0.05) is 6.92 Å². The molecule has 0 heterocycles. The van der Waals surface area contributed by atoms with E-state index in [1.807, 2.05) is 14.1 Å². The van der Waals surface area contributed by atoms with Crippen molar-refractivity contribution in [1.82, 2.24) is 0 Å². The monoisotopic (exact) mass is 245 g/mol. The van der Waals surface area contributed by atoms with Crippen LogP contribution in [0.3, 0.4) is 0 Å². The Labute approximate surface area is 90.8 Å². The summed E-state index contributed by atoms with van der Waals surface area (Å²) in [5.74, 6) is -0.224. The van der Waals surface area contributed by atoms with E-state index in [0.29, 0.717) is 4.65 Å². The van der Waals surface area contributed by atoms with Gasteiger partial charge < -0.3 is 0 Å². The average Bonchev–Trinajstić information content (AvgIpc) is 1.77. The molecule has 0 aliphatic heterocycles. The van der Waals surface area contributed by atoms with Gasteiger partial charge in [-0.3, -0.25) is 4.84 Å². The predicted octanol–water partition coefficient (Wildman–Crippen LogP) is -3.81. The van der Waals surface area contributed by atoms with E-state index in [4.69, 9.17) is 23.5 Å². The lowest BCUT2D eigenvalue weighted by Crippen LogP contribution is -2.68. The second-order valence-corrected chi connectivity index (χ2v) is 4.01. The molecule has 0 amide bonds. The molecule has 0 radical (unpaired) electrons. The summed E-state index contributed by atoms with van der Waals surface area (Å²) >= 11 is 0. The van der Waals surface area contributed by atoms with Crippen LogP contribution in [0.1, 0.15) is 20.3 Å². The van der Waals surface area contributed by atoms with Crippen LogP contribution < -0.4 is 18.6 Å². The Morgan fingerprint density at radius 2 is 1.60 bits per heavy atom. The number of hydroxylamine groups is 3. The molecular formula is C7H16ClNO6. The second kappa shape index (κ2) is 6.94. The zero-order valence-corrected chi connectivity index (χ0v) is 9.94. The van der Waals surface area contributed by atoms with E-state index < -0.39 is 10.2 Å². The topological polar surface area (TPSA) is 119 Å². The molecule has 0 N–H and O–H groups in total. The second-order valence-electron chi connectivity index (χ2n) is 3.26. The zero-order valence-electron chi connectivity index (χ0n) is 9.19. The van der Waals surface area contributed by atoms with Gasteiger partial charge in [0.2, 0.25) is 0 Å². The molecule has 0 aromatic rings. The van der Waals surface area contributed by atoms with Crippen LogP contribution >= 0.6 is 0 Å². The molecule has 0 bridgehead atoms. The zero-order chi connectivity index (χ0) is 12.7. The molecule has 0 aromatic heterocycles. The Morgan fingerprint density at radius 1 is 1.27 bits per heavy atom. The minimum atomic E-state index is -4.94. The average molecular weight is 246 g/mol. The minimum Gasteiger partial charge on any atom is -0.277 e. The third-order valence-corrected chi connectivity index (χ3v) is 1.14. The van der Waals surface area contributed by atoms with Gasteiger partial charge in [-0.2, -0.15) is 0 Å². The van der Waals surface area contributed by atoms with Crippen LogP contribution in [0.15, 0.2) is 0 Å². The highest BCUT2D eigenvalue weighted by Gasteiger charge is 2.17. The quantitative estimate of drug-likeness (QED) is 0.372. The first-order valence-corrected chi connectivity index (χ1v) is 5.36. The summed E-state index contributed by atoms with van der Waals surface area (Å²) in [6.45, 7) is 4.35. The van der Waals surface area contributed by atoms with Crippen molar-refractivity contribution in [3.8, 4) is 0 Å². The van der Waals surface area contributed by atoms with E-state index in [1.54, 1.807) is 0 Å². The van der Waals surface area contributed by atoms with Crippen LogP contribution in [-0.2, 0) is 9.63 Å². The molecule has 0 saturated heterocycles. The standard InChI is InChI=1S/C7H16NO2.ClHO4/c1-5-6-8(3,4)10-7(2)9;2-1(3,4)5/h5-6H2,1-4H3;(H,2,3,4,5)/q+1;/p-1. The number of halogens is 1. The van der Waals surface area contributed by atoms with Gasteiger partial charge in [0.15, 0.2) is 0 Å². The van der Waals surface area contributed by atoms with E-state index in [-0.39, 0.29) is 5.97 Å². The highest BCUT2D eigenvalue weighted by Crippen LogP contribution is 2.00. The molecule has 0 saturated carbocycles. The maximum atomic E-state index is 10.5. The molecule has 7 nitrogen and oxygen atoms in total. The van der Waals surface area contributed by atoms with E-state index in [1.165, 1.54) is 6.92 Å². The summed E-state index contributed by atoms with van der Waals surface area (Å²) in [5.41, 5.74) is 0. The Balaban J connectivity index is 0.